The minimum absolute atomic E-state index is 0.0244. The van der Waals surface area contributed by atoms with Gasteiger partial charge in [0.2, 0.25) is 5.91 Å². The Morgan fingerprint density at radius 3 is 2.56 bits per heavy atom. The fraction of sp³-hybridized carbons (Fsp3) is 0.696. The van der Waals surface area contributed by atoms with Crippen molar-refractivity contribution >= 4 is 5.91 Å². The van der Waals surface area contributed by atoms with Crippen molar-refractivity contribution in [2.75, 3.05) is 13.7 Å². The zero-order chi connectivity index (χ0) is 19.4. The molecule has 1 aromatic carbocycles. The molecule has 2 fully saturated rings. The molecule has 148 valence electrons. The molecule has 0 spiro atoms. The number of amides is 1. The van der Waals surface area contributed by atoms with E-state index >= 15 is 0 Å². The van der Waals surface area contributed by atoms with Crippen molar-refractivity contribution in [3.05, 3.63) is 35.1 Å². The summed E-state index contributed by atoms with van der Waals surface area (Å²) in [5, 5.41) is 0. The molecule has 1 saturated heterocycles. The molecule has 0 N–H and O–H groups in total. The summed E-state index contributed by atoms with van der Waals surface area (Å²) in [7, 11) is 1.76. The van der Waals surface area contributed by atoms with Gasteiger partial charge in [0, 0.05) is 31.0 Å². The number of benzene rings is 1. The van der Waals surface area contributed by atoms with Crippen LogP contribution in [0, 0.1) is 17.2 Å². The number of piperidine rings is 1. The van der Waals surface area contributed by atoms with Gasteiger partial charge in [-0.2, -0.15) is 0 Å². The molecule has 2 atom stereocenters. The Labute approximate surface area is 162 Å². The number of likely N-dealkylation sites (tertiary alicyclic amines) is 1. The quantitative estimate of drug-likeness (QED) is 0.765. The van der Waals surface area contributed by atoms with Crippen LogP contribution in [0.5, 0.6) is 0 Å². The molecule has 4 heteroatoms. The normalized spacial score (nSPS) is 34.9. The van der Waals surface area contributed by atoms with Gasteiger partial charge >= 0.3 is 0 Å². The van der Waals surface area contributed by atoms with E-state index < -0.39 is 0 Å². The monoisotopic (exact) mass is 373 g/mol. The predicted molar refractivity (Wildman–Crippen MR) is 104 cm³/mol. The average Bonchev–Trinajstić information content (AvgIpc) is 2.64. The average molecular weight is 374 g/mol. The summed E-state index contributed by atoms with van der Waals surface area (Å²) in [6.45, 7) is 7.71. The van der Waals surface area contributed by atoms with Gasteiger partial charge in [0.25, 0.3) is 0 Å². The van der Waals surface area contributed by atoms with E-state index in [1.807, 2.05) is 6.07 Å². The smallest absolute Gasteiger partial charge is 0.225 e. The lowest BCUT2D eigenvalue weighted by Gasteiger charge is -2.61. The number of hydrogen-bond acceptors (Lipinski definition) is 2. The SMILES string of the molecule is COC1CCC(C(=O)N2CCC3(C)c4ccc(F)cc4CC2C3(C)C)CC1. The summed E-state index contributed by atoms with van der Waals surface area (Å²) in [6, 6.07) is 5.39. The number of nitrogens with zero attached hydrogens (tertiary/aromatic N) is 1. The number of fused-ring (bicyclic) bond motifs is 4. The van der Waals surface area contributed by atoms with Gasteiger partial charge in [-0.3, -0.25) is 4.79 Å². The Bertz CT molecular complexity index is 738. The van der Waals surface area contributed by atoms with Gasteiger partial charge in [-0.1, -0.05) is 26.8 Å². The van der Waals surface area contributed by atoms with Gasteiger partial charge in [0.15, 0.2) is 0 Å². The highest BCUT2D eigenvalue weighted by molar-refractivity contribution is 5.80. The number of rotatable bonds is 2. The van der Waals surface area contributed by atoms with Crippen LogP contribution < -0.4 is 0 Å². The van der Waals surface area contributed by atoms with E-state index in [2.05, 4.69) is 25.7 Å². The van der Waals surface area contributed by atoms with E-state index in [9.17, 15) is 9.18 Å². The van der Waals surface area contributed by atoms with E-state index in [0.29, 0.717) is 12.0 Å². The fourth-order valence-electron chi connectivity index (χ4n) is 5.95. The summed E-state index contributed by atoms with van der Waals surface area (Å²) in [4.78, 5) is 15.6. The first-order valence-electron chi connectivity index (χ1n) is 10.4. The molecule has 1 amide bonds. The molecule has 1 aliphatic heterocycles. The van der Waals surface area contributed by atoms with Crippen LogP contribution in [0.1, 0.15) is 64.0 Å². The highest BCUT2D eigenvalue weighted by Gasteiger charge is 2.57. The molecule has 27 heavy (non-hydrogen) atoms. The summed E-state index contributed by atoms with van der Waals surface area (Å²) in [5.41, 5.74) is 2.30. The number of halogens is 1. The predicted octanol–water partition coefficient (Wildman–Crippen LogP) is 4.47. The number of hydrogen-bond donors (Lipinski definition) is 0. The van der Waals surface area contributed by atoms with E-state index in [4.69, 9.17) is 4.74 Å². The summed E-state index contributed by atoms with van der Waals surface area (Å²) >= 11 is 0. The lowest BCUT2D eigenvalue weighted by Crippen LogP contribution is -2.65. The molecule has 4 rings (SSSR count). The van der Waals surface area contributed by atoms with Gasteiger partial charge in [-0.05, 0) is 67.2 Å². The standard InChI is InChI=1S/C23H32FNO2/c1-22(2)20-14-16-13-17(24)7-10-19(16)23(22,3)11-12-25(20)21(26)15-5-8-18(27-4)9-6-15/h7,10,13,15,18,20H,5-6,8-9,11-12,14H2,1-4H3. The highest BCUT2D eigenvalue weighted by Crippen LogP contribution is 2.56. The van der Waals surface area contributed by atoms with E-state index in [1.165, 1.54) is 5.56 Å². The van der Waals surface area contributed by atoms with E-state index in [-0.39, 0.29) is 28.6 Å². The lowest BCUT2D eigenvalue weighted by molar-refractivity contribution is -0.150. The number of carbonyl (C=O) groups excluding carboxylic acids is 1. The third kappa shape index (κ3) is 2.83. The maximum atomic E-state index is 13.9. The minimum Gasteiger partial charge on any atom is -0.381 e. The van der Waals surface area contributed by atoms with E-state index in [0.717, 1.165) is 50.6 Å². The molecule has 2 aliphatic carbocycles. The van der Waals surface area contributed by atoms with Crippen molar-refractivity contribution in [2.45, 2.75) is 76.9 Å². The minimum atomic E-state index is -0.175. The zero-order valence-corrected chi connectivity index (χ0v) is 17.1. The summed E-state index contributed by atoms with van der Waals surface area (Å²) in [6.07, 6.45) is 5.79. The van der Waals surface area contributed by atoms with E-state index in [1.54, 1.807) is 19.2 Å². The van der Waals surface area contributed by atoms with Crippen LogP contribution in [0.15, 0.2) is 18.2 Å². The van der Waals surface area contributed by atoms with Crippen molar-refractivity contribution in [1.82, 2.24) is 4.90 Å². The largest absolute Gasteiger partial charge is 0.381 e. The summed E-state index contributed by atoms with van der Waals surface area (Å²) in [5.74, 6) is 0.251. The molecular formula is C23H32FNO2. The number of methoxy groups -OCH3 is 1. The molecule has 2 unspecified atom stereocenters. The maximum absolute atomic E-state index is 13.9. The van der Waals surface area contributed by atoms with Gasteiger partial charge < -0.3 is 9.64 Å². The topological polar surface area (TPSA) is 29.5 Å². The van der Waals surface area contributed by atoms with Crippen molar-refractivity contribution in [2.24, 2.45) is 11.3 Å². The molecular weight excluding hydrogens is 341 g/mol. The number of ether oxygens (including phenoxy) is 1. The summed E-state index contributed by atoms with van der Waals surface area (Å²) < 4.78 is 19.4. The van der Waals surface area contributed by atoms with Crippen LogP contribution in [-0.4, -0.2) is 36.6 Å². The highest BCUT2D eigenvalue weighted by atomic mass is 19.1. The first-order valence-corrected chi connectivity index (χ1v) is 10.4. The zero-order valence-electron chi connectivity index (χ0n) is 17.1. The molecule has 2 bridgehead atoms. The van der Waals surface area contributed by atoms with Gasteiger partial charge in [-0.25, -0.2) is 4.39 Å². The molecule has 1 heterocycles. The van der Waals surface area contributed by atoms with Gasteiger partial charge in [-0.15, -0.1) is 0 Å². The van der Waals surface area contributed by atoms with Crippen molar-refractivity contribution in [3.8, 4) is 0 Å². The Morgan fingerprint density at radius 2 is 1.89 bits per heavy atom. The second-order valence-corrected chi connectivity index (χ2v) is 9.57. The third-order valence-corrected chi connectivity index (χ3v) is 8.20. The fourth-order valence-corrected chi connectivity index (χ4v) is 5.95. The van der Waals surface area contributed by atoms with Crippen LogP contribution in [0.3, 0.4) is 0 Å². The second-order valence-electron chi connectivity index (χ2n) is 9.57. The maximum Gasteiger partial charge on any atom is 0.225 e. The second kappa shape index (κ2) is 6.58. The van der Waals surface area contributed by atoms with Crippen LogP contribution >= 0.6 is 0 Å². The third-order valence-electron chi connectivity index (χ3n) is 8.20. The molecule has 1 saturated carbocycles. The lowest BCUT2D eigenvalue weighted by atomic mass is 9.51. The number of carbonyl (C=O) groups is 1. The molecule has 1 aromatic rings. The van der Waals surface area contributed by atoms with Crippen LogP contribution in [0.25, 0.3) is 0 Å². The van der Waals surface area contributed by atoms with Crippen molar-refractivity contribution < 1.29 is 13.9 Å². The van der Waals surface area contributed by atoms with Crippen LogP contribution in [0.2, 0.25) is 0 Å². The molecule has 0 radical (unpaired) electrons. The Hall–Kier alpha value is -1.42. The van der Waals surface area contributed by atoms with Gasteiger partial charge in [0.05, 0.1) is 6.10 Å². The molecule has 3 nitrogen and oxygen atoms in total. The van der Waals surface area contributed by atoms with Crippen LogP contribution in [-0.2, 0) is 21.4 Å². The van der Waals surface area contributed by atoms with Crippen molar-refractivity contribution in [3.63, 3.8) is 0 Å². The Balaban J connectivity index is 1.62. The molecule has 0 aromatic heterocycles. The van der Waals surface area contributed by atoms with Crippen LogP contribution in [0.4, 0.5) is 4.39 Å². The van der Waals surface area contributed by atoms with Gasteiger partial charge in [0.1, 0.15) is 5.82 Å². The molecule has 3 aliphatic rings. The first-order chi connectivity index (χ1) is 12.8. The van der Waals surface area contributed by atoms with Crippen molar-refractivity contribution in [1.29, 1.82) is 0 Å². The Kier molecular flexibility index (Phi) is 4.61. The Morgan fingerprint density at radius 1 is 1.19 bits per heavy atom. The first kappa shape index (κ1) is 18.9.